The van der Waals surface area contributed by atoms with Crippen molar-refractivity contribution in [2.75, 3.05) is 25.1 Å². The zero-order chi connectivity index (χ0) is 19.0. The number of nitrogens with one attached hydrogen (secondary N) is 2. The molecule has 1 saturated carbocycles. The molecule has 0 radical (unpaired) electrons. The van der Waals surface area contributed by atoms with Gasteiger partial charge in [-0.15, -0.1) is 0 Å². The van der Waals surface area contributed by atoms with Crippen LogP contribution in [0.1, 0.15) is 32.6 Å². The molecule has 1 aliphatic rings. The first kappa shape index (κ1) is 21.0. The number of thioether (sulfide) groups is 1. The summed E-state index contributed by atoms with van der Waals surface area (Å²) >= 11 is 1.90. The molecule has 2 unspecified atom stereocenters. The van der Waals surface area contributed by atoms with E-state index < -0.39 is 15.7 Å². The van der Waals surface area contributed by atoms with Crippen LogP contribution < -0.4 is 10.6 Å². The van der Waals surface area contributed by atoms with Gasteiger partial charge in [0.25, 0.3) is 0 Å². The summed E-state index contributed by atoms with van der Waals surface area (Å²) in [6.45, 7) is 2.76. The molecule has 1 aromatic carbocycles. The second-order valence-electron chi connectivity index (χ2n) is 6.38. The molecule has 8 heteroatoms. The van der Waals surface area contributed by atoms with Gasteiger partial charge < -0.3 is 10.6 Å². The number of nitrogens with zero attached hydrogens (tertiary/aromatic N) is 1. The molecular weight excluding hydrogens is 373 g/mol. The van der Waals surface area contributed by atoms with E-state index in [-0.39, 0.29) is 17.2 Å². The van der Waals surface area contributed by atoms with Crippen molar-refractivity contribution in [2.45, 2.75) is 48.8 Å². The van der Waals surface area contributed by atoms with E-state index in [1.165, 1.54) is 31.0 Å². The maximum atomic E-state index is 13.7. The van der Waals surface area contributed by atoms with Crippen LogP contribution in [0, 0.1) is 5.82 Å². The van der Waals surface area contributed by atoms with Crippen molar-refractivity contribution in [3.8, 4) is 0 Å². The molecule has 0 aromatic heterocycles. The summed E-state index contributed by atoms with van der Waals surface area (Å²) in [5.74, 6) is -0.308. The smallest absolute Gasteiger partial charge is 0.191 e. The number of sulfone groups is 1. The number of guanidine groups is 1. The van der Waals surface area contributed by atoms with Crippen LogP contribution in [0.5, 0.6) is 0 Å². The fraction of sp³-hybridized carbons (Fsp3) is 0.611. The van der Waals surface area contributed by atoms with E-state index in [1.807, 2.05) is 18.7 Å². The van der Waals surface area contributed by atoms with E-state index in [0.29, 0.717) is 23.8 Å². The minimum Gasteiger partial charge on any atom is -0.357 e. The van der Waals surface area contributed by atoms with Crippen LogP contribution in [0.2, 0.25) is 0 Å². The molecule has 26 heavy (non-hydrogen) atoms. The monoisotopic (exact) mass is 401 g/mol. The van der Waals surface area contributed by atoms with Crippen LogP contribution in [0.15, 0.2) is 34.2 Å². The predicted molar refractivity (Wildman–Crippen MR) is 107 cm³/mol. The highest BCUT2D eigenvalue weighted by Crippen LogP contribution is 2.26. The van der Waals surface area contributed by atoms with Crippen molar-refractivity contribution >= 4 is 27.6 Å². The van der Waals surface area contributed by atoms with Crippen molar-refractivity contribution in [1.82, 2.24) is 10.6 Å². The quantitative estimate of drug-likeness (QED) is 0.543. The lowest BCUT2D eigenvalue weighted by atomic mass is 9.95. The summed E-state index contributed by atoms with van der Waals surface area (Å²) in [6.07, 6.45) is 6.74. The average Bonchev–Trinajstić information content (AvgIpc) is 2.62. The molecule has 2 atom stereocenters. The molecule has 0 saturated heterocycles. The van der Waals surface area contributed by atoms with Crippen LogP contribution in [-0.4, -0.2) is 50.8 Å². The van der Waals surface area contributed by atoms with Crippen LogP contribution in [0.4, 0.5) is 4.39 Å². The maximum absolute atomic E-state index is 13.7. The Hall–Kier alpha value is -1.28. The minimum absolute atomic E-state index is 0.0880. The van der Waals surface area contributed by atoms with Crippen LogP contribution in [-0.2, 0) is 9.84 Å². The Labute approximate surface area is 160 Å². The van der Waals surface area contributed by atoms with Gasteiger partial charge in [0.15, 0.2) is 15.8 Å². The Balaban J connectivity index is 1.97. The average molecular weight is 402 g/mol. The first-order valence-corrected chi connectivity index (χ1v) is 11.9. The summed E-state index contributed by atoms with van der Waals surface area (Å²) in [5.41, 5.74) is 0. The molecule has 2 N–H and O–H groups in total. The zero-order valence-electron chi connectivity index (χ0n) is 15.4. The molecule has 0 amide bonds. The van der Waals surface area contributed by atoms with E-state index in [2.05, 4.69) is 21.9 Å². The van der Waals surface area contributed by atoms with Gasteiger partial charge in [-0.25, -0.2) is 12.8 Å². The van der Waals surface area contributed by atoms with Gasteiger partial charge in [-0.05, 0) is 44.6 Å². The minimum atomic E-state index is -3.69. The Morgan fingerprint density at radius 3 is 2.81 bits per heavy atom. The van der Waals surface area contributed by atoms with Gasteiger partial charge in [-0.3, -0.25) is 4.99 Å². The van der Waals surface area contributed by atoms with Crippen LogP contribution >= 0.6 is 11.8 Å². The fourth-order valence-corrected chi connectivity index (χ4v) is 5.12. The number of rotatable bonds is 7. The number of hydrogen-bond acceptors (Lipinski definition) is 4. The molecule has 0 bridgehead atoms. The van der Waals surface area contributed by atoms with E-state index in [4.69, 9.17) is 0 Å². The first-order valence-electron chi connectivity index (χ1n) is 9.01. The van der Waals surface area contributed by atoms with Gasteiger partial charge in [0.2, 0.25) is 0 Å². The number of halogens is 1. The summed E-state index contributed by atoms with van der Waals surface area (Å²) in [6, 6.07) is 5.80. The van der Waals surface area contributed by atoms with Gasteiger partial charge in [-0.2, -0.15) is 11.8 Å². The van der Waals surface area contributed by atoms with Crippen molar-refractivity contribution in [1.29, 1.82) is 0 Å². The van der Waals surface area contributed by atoms with E-state index >= 15 is 0 Å². The summed E-state index contributed by atoms with van der Waals surface area (Å²) in [7, 11) is -3.69. The van der Waals surface area contributed by atoms with Crippen LogP contribution in [0.25, 0.3) is 0 Å². The normalized spacial score (nSPS) is 21.4. The van der Waals surface area contributed by atoms with E-state index in [1.54, 1.807) is 0 Å². The third-order valence-corrected chi connectivity index (χ3v) is 7.26. The van der Waals surface area contributed by atoms with E-state index in [9.17, 15) is 12.8 Å². The number of benzene rings is 1. The highest BCUT2D eigenvalue weighted by Gasteiger charge is 2.22. The Kier molecular flexibility index (Phi) is 8.21. The third-order valence-electron chi connectivity index (χ3n) is 4.45. The third kappa shape index (κ3) is 6.16. The summed E-state index contributed by atoms with van der Waals surface area (Å²) < 4.78 is 38.4. The summed E-state index contributed by atoms with van der Waals surface area (Å²) in [5, 5.41) is 7.24. The largest absolute Gasteiger partial charge is 0.357 e. The van der Waals surface area contributed by atoms with Crippen LogP contribution in [0.3, 0.4) is 0 Å². The van der Waals surface area contributed by atoms with Crippen molar-refractivity contribution in [3.05, 3.63) is 30.1 Å². The molecule has 146 valence electrons. The first-order chi connectivity index (χ1) is 12.5. The summed E-state index contributed by atoms with van der Waals surface area (Å²) in [4.78, 5) is 4.12. The Bertz CT molecular complexity index is 710. The molecule has 1 aromatic rings. The second-order valence-corrected chi connectivity index (χ2v) is 9.59. The van der Waals surface area contributed by atoms with E-state index in [0.717, 1.165) is 18.9 Å². The molecule has 2 rings (SSSR count). The molecule has 0 spiro atoms. The lowest BCUT2D eigenvalue weighted by molar-refractivity contribution is 0.419. The number of aliphatic imine (C=N–C) groups is 1. The number of hydrogen-bond donors (Lipinski definition) is 2. The SMILES string of the molecule is CCNC(=NCCS(=O)(=O)c1ccccc1F)NC1CCCC(SC)C1. The lowest BCUT2D eigenvalue weighted by Gasteiger charge is -2.29. The molecule has 5 nitrogen and oxygen atoms in total. The second kappa shape index (κ2) is 10.2. The lowest BCUT2D eigenvalue weighted by Crippen LogP contribution is -2.45. The maximum Gasteiger partial charge on any atom is 0.191 e. The highest BCUT2D eigenvalue weighted by atomic mass is 32.2. The topological polar surface area (TPSA) is 70.6 Å². The van der Waals surface area contributed by atoms with Crippen molar-refractivity contribution in [2.24, 2.45) is 4.99 Å². The molecule has 0 heterocycles. The fourth-order valence-electron chi connectivity index (χ4n) is 3.09. The molecule has 0 aliphatic heterocycles. The predicted octanol–water partition coefficient (Wildman–Crippen LogP) is 2.83. The van der Waals surface area contributed by atoms with Crippen molar-refractivity contribution < 1.29 is 12.8 Å². The zero-order valence-corrected chi connectivity index (χ0v) is 17.0. The Morgan fingerprint density at radius 1 is 1.35 bits per heavy atom. The van der Waals surface area contributed by atoms with Crippen molar-refractivity contribution in [3.63, 3.8) is 0 Å². The Morgan fingerprint density at radius 2 is 2.12 bits per heavy atom. The molecular formula is C18H28FN3O2S2. The van der Waals surface area contributed by atoms with Gasteiger partial charge in [-0.1, -0.05) is 18.6 Å². The van der Waals surface area contributed by atoms with Gasteiger partial charge >= 0.3 is 0 Å². The van der Waals surface area contributed by atoms with Gasteiger partial charge in [0.1, 0.15) is 10.7 Å². The van der Waals surface area contributed by atoms with Gasteiger partial charge in [0, 0.05) is 17.8 Å². The standard InChI is InChI=1S/C18H28FN3O2S2/c1-3-20-18(22-14-7-6-8-15(13-14)25-2)21-11-12-26(23,24)17-10-5-4-9-16(17)19/h4-5,9-10,14-15H,3,6-8,11-13H2,1-2H3,(H2,20,21,22). The molecule has 1 fully saturated rings. The molecule has 1 aliphatic carbocycles. The van der Waals surface area contributed by atoms with Gasteiger partial charge in [0.05, 0.1) is 12.3 Å². The highest BCUT2D eigenvalue weighted by molar-refractivity contribution is 7.99.